The van der Waals surface area contributed by atoms with Crippen LogP contribution in [0, 0.1) is 0 Å². The minimum atomic E-state index is 0.000330. The zero-order valence-electron chi connectivity index (χ0n) is 13.3. The number of carbonyl (C=O) groups is 1. The molecule has 23 heavy (non-hydrogen) atoms. The molecule has 0 spiro atoms. The molecule has 1 atom stereocenters. The second-order valence-corrected chi connectivity index (χ2v) is 5.46. The van der Waals surface area contributed by atoms with Gasteiger partial charge in [-0.25, -0.2) is 0 Å². The zero-order chi connectivity index (χ0) is 16.2. The molecule has 0 saturated carbocycles. The lowest BCUT2D eigenvalue weighted by Gasteiger charge is -2.19. The highest BCUT2D eigenvalue weighted by molar-refractivity contribution is 5.90. The first kappa shape index (κ1) is 15.2. The lowest BCUT2D eigenvalue weighted by molar-refractivity contribution is -0.120. The molecule has 1 aromatic heterocycles. The zero-order valence-corrected chi connectivity index (χ0v) is 13.3. The second kappa shape index (κ2) is 6.57. The number of aromatic nitrogens is 1. The van der Waals surface area contributed by atoms with Crippen LogP contribution in [0.4, 0.5) is 0 Å². The van der Waals surface area contributed by atoms with Gasteiger partial charge in [0, 0.05) is 31.0 Å². The quantitative estimate of drug-likeness (QED) is 0.758. The van der Waals surface area contributed by atoms with E-state index in [1.807, 2.05) is 36.5 Å². The van der Waals surface area contributed by atoms with Gasteiger partial charge in [-0.1, -0.05) is 36.4 Å². The summed E-state index contributed by atoms with van der Waals surface area (Å²) < 4.78 is 5.42. The predicted octanol–water partition coefficient (Wildman–Crippen LogP) is 3.44. The fraction of sp³-hybridized carbons (Fsp3) is 0.211. The smallest absolute Gasteiger partial charge is 0.220 e. The lowest BCUT2D eigenvalue weighted by atomic mass is 9.86. The van der Waals surface area contributed by atoms with E-state index in [1.54, 1.807) is 14.2 Å². The number of aromatic amines is 1. The summed E-state index contributed by atoms with van der Waals surface area (Å²) in [5.74, 6) is 0.833. The second-order valence-electron chi connectivity index (χ2n) is 5.46. The van der Waals surface area contributed by atoms with E-state index in [9.17, 15) is 4.79 Å². The van der Waals surface area contributed by atoms with E-state index in [2.05, 4.69) is 28.5 Å². The number of H-pyrrole nitrogens is 1. The molecule has 3 aromatic rings. The Bertz CT molecular complexity index is 809. The number of ether oxygens (including phenoxy) is 1. The van der Waals surface area contributed by atoms with Crippen molar-refractivity contribution in [2.24, 2.45) is 0 Å². The van der Waals surface area contributed by atoms with Crippen molar-refractivity contribution in [1.29, 1.82) is 0 Å². The van der Waals surface area contributed by atoms with Crippen LogP contribution in [0.5, 0.6) is 5.75 Å². The summed E-state index contributed by atoms with van der Waals surface area (Å²) >= 11 is 0. The summed E-state index contributed by atoms with van der Waals surface area (Å²) in [7, 11) is 3.33. The average molecular weight is 308 g/mol. The Morgan fingerprint density at radius 2 is 1.96 bits per heavy atom. The largest absolute Gasteiger partial charge is 0.495 e. The fourth-order valence-electron chi connectivity index (χ4n) is 3.01. The van der Waals surface area contributed by atoms with Gasteiger partial charge < -0.3 is 15.0 Å². The Balaban J connectivity index is 2.13. The van der Waals surface area contributed by atoms with E-state index in [4.69, 9.17) is 4.74 Å². The molecular formula is C19H20N2O2. The Kier molecular flexibility index (Phi) is 4.33. The molecule has 2 aromatic carbocycles. The van der Waals surface area contributed by atoms with Crippen LogP contribution in [0.2, 0.25) is 0 Å². The molecule has 0 aliphatic heterocycles. The van der Waals surface area contributed by atoms with Crippen LogP contribution in [-0.2, 0) is 4.79 Å². The third-order valence-corrected chi connectivity index (χ3v) is 4.18. The van der Waals surface area contributed by atoms with Gasteiger partial charge in [0.05, 0.1) is 12.6 Å². The lowest BCUT2D eigenvalue weighted by Crippen LogP contribution is -2.21. The highest BCUT2D eigenvalue weighted by Gasteiger charge is 2.21. The van der Waals surface area contributed by atoms with Gasteiger partial charge in [0.1, 0.15) is 5.75 Å². The number of amides is 1. The molecule has 0 aliphatic carbocycles. The molecule has 0 aliphatic rings. The van der Waals surface area contributed by atoms with E-state index in [0.29, 0.717) is 6.42 Å². The molecule has 0 fully saturated rings. The summed E-state index contributed by atoms with van der Waals surface area (Å²) in [5, 5.41) is 3.81. The Labute approximate surface area is 135 Å². The van der Waals surface area contributed by atoms with Gasteiger partial charge in [-0.3, -0.25) is 4.79 Å². The number of benzene rings is 2. The minimum Gasteiger partial charge on any atom is -0.495 e. The van der Waals surface area contributed by atoms with Gasteiger partial charge in [-0.2, -0.15) is 0 Å². The number of fused-ring (bicyclic) bond motifs is 1. The Morgan fingerprint density at radius 3 is 2.65 bits per heavy atom. The number of carbonyl (C=O) groups excluding carboxylic acids is 1. The highest BCUT2D eigenvalue weighted by atomic mass is 16.5. The number of hydrogen-bond donors (Lipinski definition) is 2. The fourth-order valence-corrected chi connectivity index (χ4v) is 3.01. The summed E-state index contributed by atoms with van der Waals surface area (Å²) in [6.45, 7) is 0. The Morgan fingerprint density at radius 1 is 1.17 bits per heavy atom. The van der Waals surface area contributed by atoms with Crippen molar-refractivity contribution in [2.75, 3.05) is 14.2 Å². The van der Waals surface area contributed by atoms with Crippen molar-refractivity contribution in [1.82, 2.24) is 10.3 Å². The molecule has 1 heterocycles. The number of methoxy groups -OCH3 is 1. The summed E-state index contributed by atoms with van der Waals surface area (Å²) in [6.07, 6.45) is 2.31. The molecule has 118 valence electrons. The van der Waals surface area contributed by atoms with Gasteiger partial charge >= 0.3 is 0 Å². The minimum absolute atomic E-state index is 0.000330. The van der Waals surface area contributed by atoms with Crippen molar-refractivity contribution in [3.63, 3.8) is 0 Å². The molecule has 4 nitrogen and oxygen atoms in total. The third kappa shape index (κ3) is 2.93. The summed E-state index contributed by atoms with van der Waals surface area (Å²) in [6, 6.07) is 16.2. The topological polar surface area (TPSA) is 54.1 Å². The maximum absolute atomic E-state index is 12.0. The Hall–Kier alpha value is -2.75. The molecule has 1 unspecified atom stereocenters. The molecule has 3 rings (SSSR count). The molecular weight excluding hydrogens is 288 g/mol. The molecule has 2 N–H and O–H groups in total. The molecule has 0 saturated heterocycles. The first-order chi connectivity index (χ1) is 11.2. The normalized spacial score (nSPS) is 12.1. The van der Waals surface area contributed by atoms with Crippen LogP contribution in [0.25, 0.3) is 10.9 Å². The van der Waals surface area contributed by atoms with E-state index in [-0.39, 0.29) is 11.8 Å². The van der Waals surface area contributed by atoms with Crippen LogP contribution >= 0.6 is 0 Å². The van der Waals surface area contributed by atoms with Crippen molar-refractivity contribution < 1.29 is 9.53 Å². The number of nitrogens with one attached hydrogen (secondary N) is 2. The van der Waals surface area contributed by atoms with Gasteiger partial charge in [0.15, 0.2) is 0 Å². The molecule has 1 amide bonds. The standard InChI is InChI=1S/C19H20N2O2/c1-20-18(22)12-16(13-6-4-3-5-7-13)14-8-9-17(23-2)19-15(14)10-11-21-19/h3-11,16,21H,12H2,1-2H3,(H,20,22). The molecule has 4 heteroatoms. The van der Waals surface area contributed by atoms with Gasteiger partial charge in [-0.05, 0) is 23.3 Å². The van der Waals surface area contributed by atoms with Crippen molar-refractivity contribution in [3.8, 4) is 5.75 Å². The van der Waals surface area contributed by atoms with Crippen LogP contribution in [0.3, 0.4) is 0 Å². The van der Waals surface area contributed by atoms with E-state index in [0.717, 1.165) is 27.8 Å². The van der Waals surface area contributed by atoms with Crippen LogP contribution in [0.15, 0.2) is 54.7 Å². The van der Waals surface area contributed by atoms with E-state index >= 15 is 0 Å². The van der Waals surface area contributed by atoms with E-state index in [1.165, 1.54) is 0 Å². The van der Waals surface area contributed by atoms with Gasteiger partial charge in [0.25, 0.3) is 0 Å². The van der Waals surface area contributed by atoms with Crippen LogP contribution in [-0.4, -0.2) is 25.0 Å². The van der Waals surface area contributed by atoms with Crippen molar-refractivity contribution >= 4 is 16.8 Å². The maximum Gasteiger partial charge on any atom is 0.220 e. The van der Waals surface area contributed by atoms with E-state index < -0.39 is 0 Å². The van der Waals surface area contributed by atoms with Crippen molar-refractivity contribution in [3.05, 3.63) is 65.9 Å². The van der Waals surface area contributed by atoms with Crippen LogP contribution in [0.1, 0.15) is 23.5 Å². The number of rotatable bonds is 5. The monoisotopic (exact) mass is 308 g/mol. The molecule has 0 radical (unpaired) electrons. The SMILES string of the molecule is CNC(=O)CC(c1ccccc1)c1ccc(OC)c2[nH]ccc12. The molecule has 0 bridgehead atoms. The predicted molar refractivity (Wildman–Crippen MR) is 91.8 cm³/mol. The van der Waals surface area contributed by atoms with Crippen LogP contribution < -0.4 is 10.1 Å². The highest BCUT2D eigenvalue weighted by Crippen LogP contribution is 2.36. The first-order valence-corrected chi connectivity index (χ1v) is 7.64. The number of hydrogen-bond acceptors (Lipinski definition) is 2. The van der Waals surface area contributed by atoms with Gasteiger partial charge in [-0.15, -0.1) is 0 Å². The third-order valence-electron chi connectivity index (χ3n) is 4.18. The maximum atomic E-state index is 12.0. The average Bonchev–Trinajstić information content (AvgIpc) is 3.09. The van der Waals surface area contributed by atoms with Crippen molar-refractivity contribution in [2.45, 2.75) is 12.3 Å². The summed E-state index contributed by atoms with van der Waals surface area (Å²) in [5.41, 5.74) is 3.21. The van der Waals surface area contributed by atoms with Gasteiger partial charge in [0.2, 0.25) is 5.91 Å². The summed E-state index contributed by atoms with van der Waals surface area (Å²) in [4.78, 5) is 15.3. The first-order valence-electron chi connectivity index (χ1n) is 7.64.